The topological polar surface area (TPSA) is 110 Å². The highest BCUT2D eigenvalue weighted by Gasteiger charge is 2.23. The first kappa shape index (κ1) is 21.7. The molecule has 1 fully saturated rings. The van der Waals surface area contributed by atoms with E-state index in [9.17, 15) is 14.4 Å². The molecule has 1 aliphatic heterocycles. The van der Waals surface area contributed by atoms with E-state index < -0.39 is 0 Å². The van der Waals surface area contributed by atoms with Gasteiger partial charge in [0.15, 0.2) is 0 Å². The molecule has 0 radical (unpaired) electrons. The number of nitrogens with two attached hydrogens (primary N) is 1. The van der Waals surface area contributed by atoms with Gasteiger partial charge in [0.1, 0.15) is 12.4 Å². The monoisotopic (exact) mass is 433 g/mol. The molecule has 166 valence electrons. The molecule has 0 aliphatic carbocycles. The molecule has 1 aromatic heterocycles. The van der Waals surface area contributed by atoms with E-state index in [0.717, 1.165) is 38.0 Å². The van der Waals surface area contributed by atoms with Crippen LogP contribution in [0.4, 0.5) is 5.69 Å². The third-order valence-electron chi connectivity index (χ3n) is 5.96. The summed E-state index contributed by atoms with van der Waals surface area (Å²) in [5.41, 5.74) is 7.56. The van der Waals surface area contributed by atoms with Crippen LogP contribution in [0, 0.1) is 12.8 Å². The Balaban J connectivity index is 1.41. The highest BCUT2D eigenvalue weighted by Crippen LogP contribution is 2.20. The number of aromatic nitrogens is 2. The van der Waals surface area contributed by atoms with Crippen molar-refractivity contribution in [2.75, 3.05) is 18.4 Å². The fourth-order valence-electron chi connectivity index (χ4n) is 4.19. The number of hydrogen-bond donors (Lipinski definition) is 2. The van der Waals surface area contributed by atoms with Gasteiger partial charge in [-0.25, -0.2) is 4.98 Å². The molecule has 32 heavy (non-hydrogen) atoms. The van der Waals surface area contributed by atoms with Crippen molar-refractivity contribution in [2.45, 2.75) is 32.9 Å². The summed E-state index contributed by atoms with van der Waals surface area (Å²) in [5, 5.41) is 3.38. The number of amides is 2. The molecule has 1 saturated heterocycles. The lowest BCUT2D eigenvalue weighted by molar-refractivity contribution is -0.123. The summed E-state index contributed by atoms with van der Waals surface area (Å²) < 4.78 is 1.39. The molecular weight excluding hydrogens is 406 g/mol. The smallest absolute Gasteiger partial charge is 0.261 e. The van der Waals surface area contributed by atoms with E-state index in [4.69, 9.17) is 5.73 Å². The van der Waals surface area contributed by atoms with Crippen LogP contribution in [0.5, 0.6) is 0 Å². The lowest BCUT2D eigenvalue weighted by Gasteiger charge is -2.30. The summed E-state index contributed by atoms with van der Waals surface area (Å²) in [5.74, 6) is -0.0395. The second-order valence-corrected chi connectivity index (χ2v) is 8.27. The summed E-state index contributed by atoms with van der Waals surface area (Å²) in [4.78, 5) is 43.5. The van der Waals surface area contributed by atoms with Crippen LogP contribution in [0.2, 0.25) is 0 Å². The van der Waals surface area contributed by atoms with Crippen LogP contribution in [0.25, 0.3) is 10.9 Å². The number of nitrogens with one attached hydrogen (secondary N) is 1. The molecule has 2 aromatic carbocycles. The molecule has 3 N–H and O–H groups in total. The molecule has 8 nitrogen and oxygen atoms in total. The number of rotatable bonds is 6. The second-order valence-electron chi connectivity index (χ2n) is 8.27. The number of aryl methyl sites for hydroxylation is 1. The van der Waals surface area contributed by atoms with E-state index in [1.807, 2.05) is 30.3 Å². The first-order valence-corrected chi connectivity index (χ1v) is 10.8. The first-order chi connectivity index (χ1) is 15.4. The number of piperidine rings is 1. The van der Waals surface area contributed by atoms with Crippen LogP contribution in [-0.4, -0.2) is 39.4 Å². The second kappa shape index (κ2) is 9.32. The van der Waals surface area contributed by atoms with Gasteiger partial charge in [0.25, 0.3) is 5.56 Å². The third-order valence-corrected chi connectivity index (χ3v) is 5.96. The summed E-state index contributed by atoms with van der Waals surface area (Å²) in [6.45, 7) is 4.00. The van der Waals surface area contributed by atoms with E-state index >= 15 is 0 Å². The van der Waals surface area contributed by atoms with Crippen LogP contribution in [0.1, 0.15) is 24.2 Å². The van der Waals surface area contributed by atoms with E-state index in [1.54, 1.807) is 25.1 Å². The highest BCUT2D eigenvalue weighted by molar-refractivity contribution is 5.91. The van der Waals surface area contributed by atoms with Gasteiger partial charge < -0.3 is 11.1 Å². The number of anilines is 1. The van der Waals surface area contributed by atoms with Crippen LogP contribution < -0.4 is 16.6 Å². The van der Waals surface area contributed by atoms with E-state index in [2.05, 4.69) is 15.2 Å². The SMILES string of the molecule is Cc1nc2ccccc2c(=O)n1CC(=O)Nc1cccc(CN2CCC(C(N)=O)CC2)c1. The average Bonchev–Trinajstić information content (AvgIpc) is 2.77. The van der Waals surface area contributed by atoms with Crippen LogP contribution in [-0.2, 0) is 22.7 Å². The van der Waals surface area contributed by atoms with Gasteiger partial charge in [0, 0.05) is 18.2 Å². The summed E-state index contributed by atoms with van der Waals surface area (Å²) in [7, 11) is 0. The minimum Gasteiger partial charge on any atom is -0.369 e. The van der Waals surface area contributed by atoms with E-state index in [1.165, 1.54) is 4.57 Å². The molecule has 2 heterocycles. The number of carbonyl (C=O) groups is 2. The number of likely N-dealkylation sites (tertiary alicyclic amines) is 1. The Morgan fingerprint density at radius 2 is 1.88 bits per heavy atom. The fraction of sp³-hybridized carbons (Fsp3) is 0.333. The zero-order chi connectivity index (χ0) is 22.7. The number of carbonyl (C=O) groups excluding carboxylic acids is 2. The minimum absolute atomic E-state index is 0.0340. The zero-order valence-corrected chi connectivity index (χ0v) is 18.1. The quantitative estimate of drug-likeness (QED) is 0.618. The maximum Gasteiger partial charge on any atom is 0.261 e. The van der Waals surface area contributed by atoms with Gasteiger partial charge in [-0.2, -0.15) is 0 Å². The number of fused-ring (bicyclic) bond motifs is 1. The number of hydrogen-bond acceptors (Lipinski definition) is 5. The van der Waals surface area contributed by atoms with Crippen molar-refractivity contribution in [2.24, 2.45) is 11.7 Å². The van der Waals surface area contributed by atoms with Crippen molar-refractivity contribution in [3.63, 3.8) is 0 Å². The Labute approximate surface area is 186 Å². The van der Waals surface area contributed by atoms with Gasteiger partial charge in [-0.05, 0) is 62.7 Å². The Morgan fingerprint density at radius 3 is 2.62 bits per heavy atom. The Kier molecular flexibility index (Phi) is 6.32. The van der Waals surface area contributed by atoms with Crippen LogP contribution in [0.15, 0.2) is 53.3 Å². The predicted octanol–water partition coefficient (Wildman–Crippen LogP) is 2.04. The molecular formula is C24H27N5O3. The van der Waals surface area contributed by atoms with E-state index in [-0.39, 0.29) is 29.8 Å². The number of benzene rings is 2. The predicted molar refractivity (Wildman–Crippen MR) is 123 cm³/mol. The van der Waals surface area contributed by atoms with Crippen molar-refractivity contribution in [3.05, 3.63) is 70.3 Å². The van der Waals surface area contributed by atoms with Gasteiger partial charge >= 0.3 is 0 Å². The lowest BCUT2D eigenvalue weighted by atomic mass is 9.96. The molecule has 4 rings (SSSR count). The van der Waals surface area contributed by atoms with Crippen molar-refractivity contribution < 1.29 is 9.59 Å². The molecule has 0 unspecified atom stereocenters. The Hall–Kier alpha value is -3.52. The summed E-state index contributed by atoms with van der Waals surface area (Å²) in [6, 6.07) is 14.8. The third kappa shape index (κ3) is 4.86. The van der Waals surface area contributed by atoms with Crippen molar-refractivity contribution in [1.82, 2.24) is 14.5 Å². The maximum atomic E-state index is 12.8. The van der Waals surface area contributed by atoms with Gasteiger partial charge in [-0.3, -0.25) is 23.9 Å². The van der Waals surface area contributed by atoms with Crippen LogP contribution in [0.3, 0.4) is 0 Å². The molecule has 3 aromatic rings. The molecule has 8 heteroatoms. The molecule has 1 aliphatic rings. The van der Waals surface area contributed by atoms with Gasteiger partial charge in [0.05, 0.1) is 10.9 Å². The minimum atomic E-state index is -0.285. The molecule has 2 amide bonds. The normalized spacial score (nSPS) is 15.0. The van der Waals surface area contributed by atoms with Crippen molar-refractivity contribution in [3.8, 4) is 0 Å². The van der Waals surface area contributed by atoms with Gasteiger partial charge in [0.2, 0.25) is 11.8 Å². The summed E-state index contributed by atoms with van der Waals surface area (Å²) >= 11 is 0. The van der Waals surface area contributed by atoms with Gasteiger partial charge in [-0.15, -0.1) is 0 Å². The Bertz CT molecular complexity index is 1210. The Morgan fingerprint density at radius 1 is 1.12 bits per heavy atom. The highest BCUT2D eigenvalue weighted by atomic mass is 16.2. The van der Waals surface area contributed by atoms with Crippen LogP contribution >= 0.6 is 0 Å². The fourth-order valence-corrected chi connectivity index (χ4v) is 4.19. The molecule has 0 saturated carbocycles. The standard InChI is InChI=1S/C24H27N5O3/c1-16-26-21-8-3-2-7-20(21)24(32)29(16)15-22(30)27-19-6-4-5-17(13-19)14-28-11-9-18(10-12-28)23(25)31/h2-8,13,18H,9-12,14-15H2,1H3,(H2,25,31)(H,27,30). The lowest BCUT2D eigenvalue weighted by Crippen LogP contribution is -2.38. The van der Waals surface area contributed by atoms with Gasteiger partial charge in [-0.1, -0.05) is 24.3 Å². The van der Waals surface area contributed by atoms with Crippen molar-refractivity contribution in [1.29, 1.82) is 0 Å². The molecule has 0 bridgehead atoms. The molecule has 0 atom stereocenters. The summed E-state index contributed by atoms with van der Waals surface area (Å²) in [6.07, 6.45) is 1.55. The number of primary amides is 1. The number of nitrogens with zero attached hydrogens (tertiary/aromatic N) is 3. The molecule has 0 spiro atoms. The van der Waals surface area contributed by atoms with Crippen molar-refractivity contribution >= 4 is 28.4 Å². The first-order valence-electron chi connectivity index (χ1n) is 10.8. The average molecular weight is 434 g/mol. The zero-order valence-electron chi connectivity index (χ0n) is 18.1. The largest absolute Gasteiger partial charge is 0.369 e. The van der Waals surface area contributed by atoms with E-state index in [0.29, 0.717) is 22.4 Å². The number of para-hydroxylation sites is 1. The maximum absolute atomic E-state index is 12.8.